The smallest absolute Gasteiger partial charge is 0.203 e. The molecule has 1 aliphatic rings. The highest BCUT2D eigenvalue weighted by molar-refractivity contribution is 5.30. The van der Waals surface area contributed by atoms with E-state index in [0.29, 0.717) is 6.04 Å². The molecule has 18 heavy (non-hydrogen) atoms. The molecule has 0 amide bonds. The molecule has 102 valence electrons. The van der Waals surface area contributed by atoms with Crippen molar-refractivity contribution in [2.45, 2.75) is 39.3 Å². The van der Waals surface area contributed by atoms with Gasteiger partial charge >= 0.3 is 0 Å². The highest BCUT2D eigenvalue weighted by atomic mass is 16.5. The van der Waals surface area contributed by atoms with E-state index < -0.39 is 0 Å². The Bertz CT molecular complexity index is 359. The number of hydrogen-bond acceptors (Lipinski definition) is 4. The average Bonchev–Trinajstić information content (AvgIpc) is 2.96. The number of aryl methyl sites for hydroxylation is 2. The molecule has 1 aliphatic heterocycles. The van der Waals surface area contributed by atoms with E-state index >= 15 is 0 Å². The molecule has 5 heteroatoms. The number of imidazole rings is 1. The van der Waals surface area contributed by atoms with Gasteiger partial charge in [0.25, 0.3) is 0 Å². The van der Waals surface area contributed by atoms with Gasteiger partial charge in [0.15, 0.2) is 0 Å². The number of hydrogen-bond donors (Lipinski definition) is 1. The minimum absolute atomic E-state index is 0.400. The van der Waals surface area contributed by atoms with Crippen molar-refractivity contribution in [2.24, 2.45) is 0 Å². The lowest BCUT2D eigenvalue weighted by Crippen LogP contribution is -2.21. The van der Waals surface area contributed by atoms with Crippen LogP contribution in [0.1, 0.15) is 25.5 Å². The predicted octanol–water partition coefficient (Wildman–Crippen LogP) is 1.82. The molecule has 0 aromatic carbocycles. The normalized spacial score (nSPS) is 19.3. The number of ether oxygens (including phenoxy) is 2. The first-order valence-corrected chi connectivity index (χ1v) is 6.75. The molecule has 0 saturated carbocycles. The van der Waals surface area contributed by atoms with Gasteiger partial charge in [0.1, 0.15) is 0 Å². The Morgan fingerprint density at radius 1 is 1.61 bits per heavy atom. The van der Waals surface area contributed by atoms with Crippen LogP contribution in [0.2, 0.25) is 0 Å². The Labute approximate surface area is 108 Å². The van der Waals surface area contributed by atoms with Gasteiger partial charge in [-0.15, -0.1) is 0 Å². The first-order chi connectivity index (χ1) is 8.79. The maximum Gasteiger partial charge on any atom is 0.203 e. The van der Waals surface area contributed by atoms with Crippen molar-refractivity contribution in [3.8, 4) is 0 Å². The van der Waals surface area contributed by atoms with Gasteiger partial charge in [0, 0.05) is 32.6 Å². The molecule has 2 rings (SSSR count). The largest absolute Gasteiger partial charge is 0.382 e. The van der Waals surface area contributed by atoms with E-state index in [9.17, 15) is 0 Å². The van der Waals surface area contributed by atoms with Crippen LogP contribution in [0.15, 0.2) is 6.20 Å². The Kier molecular flexibility index (Phi) is 5.01. The second kappa shape index (κ2) is 6.75. The SMILES string of the molecule is CCOCCCn1cc(C)nc1NC1CCOC1. The van der Waals surface area contributed by atoms with Gasteiger partial charge in [0.05, 0.1) is 18.3 Å². The molecule has 1 aromatic rings. The maximum atomic E-state index is 5.37. The van der Waals surface area contributed by atoms with Crippen LogP contribution >= 0.6 is 0 Å². The van der Waals surface area contributed by atoms with Crippen LogP contribution in [0.5, 0.6) is 0 Å². The molecule has 1 fully saturated rings. The Balaban J connectivity index is 1.87. The predicted molar refractivity (Wildman–Crippen MR) is 70.9 cm³/mol. The quantitative estimate of drug-likeness (QED) is 0.753. The first-order valence-electron chi connectivity index (χ1n) is 6.75. The number of rotatable bonds is 7. The van der Waals surface area contributed by atoms with E-state index in [1.807, 2.05) is 13.8 Å². The standard InChI is InChI=1S/C13H23N3O2/c1-3-17-7-4-6-16-9-11(2)14-13(16)15-12-5-8-18-10-12/h9,12H,3-8,10H2,1-2H3,(H,14,15). The van der Waals surface area contributed by atoms with Crippen molar-refractivity contribution in [3.05, 3.63) is 11.9 Å². The number of nitrogens with one attached hydrogen (secondary N) is 1. The molecule has 1 unspecified atom stereocenters. The monoisotopic (exact) mass is 253 g/mol. The Morgan fingerprint density at radius 2 is 2.50 bits per heavy atom. The molecular weight excluding hydrogens is 230 g/mol. The second-order valence-corrected chi connectivity index (χ2v) is 4.65. The molecule has 1 aromatic heterocycles. The summed E-state index contributed by atoms with van der Waals surface area (Å²) < 4.78 is 12.9. The Hall–Kier alpha value is -1.07. The zero-order chi connectivity index (χ0) is 12.8. The van der Waals surface area contributed by atoms with E-state index in [0.717, 1.165) is 57.5 Å². The third kappa shape index (κ3) is 3.71. The van der Waals surface area contributed by atoms with E-state index in [4.69, 9.17) is 9.47 Å². The summed E-state index contributed by atoms with van der Waals surface area (Å²) in [6, 6.07) is 0.400. The Morgan fingerprint density at radius 3 is 3.22 bits per heavy atom. The average molecular weight is 253 g/mol. The zero-order valence-electron chi connectivity index (χ0n) is 11.3. The van der Waals surface area contributed by atoms with E-state index in [1.54, 1.807) is 0 Å². The lowest BCUT2D eigenvalue weighted by atomic mass is 10.3. The van der Waals surface area contributed by atoms with Crippen LogP contribution in [-0.2, 0) is 16.0 Å². The van der Waals surface area contributed by atoms with Gasteiger partial charge in [-0.3, -0.25) is 0 Å². The van der Waals surface area contributed by atoms with Crippen molar-refractivity contribution in [2.75, 3.05) is 31.7 Å². The molecular formula is C13H23N3O2. The molecule has 5 nitrogen and oxygen atoms in total. The van der Waals surface area contributed by atoms with E-state index in [-0.39, 0.29) is 0 Å². The molecule has 1 atom stereocenters. The third-order valence-corrected chi connectivity index (χ3v) is 3.05. The van der Waals surface area contributed by atoms with Gasteiger partial charge in [-0.05, 0) is 26.7 Å². The minimum atomic E-state index is 0.400. The van der Waals surface area contributed by atoms with Crippen LogP contribution in [0.4, 0.5) is 5.95 Å². The minimum Gasteiger partial charge on any atom is -0.382 e. The molecule has 1 saturated heterocycles. The summed E-state index contributed by atoms with van der Waals surface area (Å²) in [6.45, 7) is 8.21. The fourth-order valence-corrected chi connectivity index (χ4v) is 2.14. The summed E-state index contributed by atoms with van der Waals surface area (Å²) in [7, 11) is 0. The number of aromatic nitrogens is 2. The molecule has 1 N–H and O–H groups in total. The molecule has 0 radical (unpaired) electrons. The summed E-state index contributed by atoms with van der Waals surface area (Å²) in [5.74, 6) is 0.958. The van der Waals surface area contributed by atoms with Crippen LogP contribution in [0.3, 0.4) is 0 Å². The van der Waals surface area contributed by atoms with E-state index in [2.05, 4.69) is 21.1 Å². The highest BCUT2D eigenvalue weighted by Crippen LogP contribution is 2.14. The summed E-state index contributed by atoms with van der Waals surface area (Å²) in [4.78, 5) is 4.53. The van der Waals surface area contributed by atoms with Crippen molar-refractivity contribution in [1.82, 2.24) is 9.55 Å². The van der Waals surface area contributed by atoms with Crippen molar-refractivity contribution in [3.63, 3.8) is 0 Å². The lowest BCUT2D eigenvalue weighted by Gasteiger charge is -2.13. The lowest BCUT2D eigenvalue weighted by molar-refractivity contribution is 0.142. The number of anilines is 1. The first kappa shape index (κ1) is 13.4. The zero-order valence-corrected chi connectivity index (χ0v) is 11.3. The molecule has 0 spiro atoms. The van der Waals surface area contributed by atoms with Crippen LogP contribution in [0.25, 0.3) is 0 Å². The van der Waals surface area contributed by atoms with Gasteiger partial charge in [-0.2, -0.15) is 0 Å². The molecule has 0 bridgehead atoms. The maximum absolute atomic E-state index is 5.37. The summed E-state index contributed by atoms with van der Waals surface area (Å²) in [5.41, 5.74) is 1.05. The second-order valence-electron chi connectivity index (χ2n) is 4.65. The fraction of sp³-hybridized carbons (Fsp3) is 0.769. The van der Waals surface area contributed by atoms with Crippen molar-refractivity contribution in [1.29, 1.82) is 0 Å². The summed E-state index contributed by atoms with van der Waals surface area (Å²) >= 11 is 0. The molecule has 2 heterocycles. The topological polar surface area (TPSA) is 48.3 Å². The van der Waals surface area contributed by atoms with Crippen LogP contribution in [0, 0.1) is 6.92 Å². The van der Waals surface area contributed by atoms with Crippen molar-refractivity contribution < 1.29 is 9.47 Å². The summed E-state index contributed by atoms with van der Waals surface area (Å²) in [5, 5.41) is 3.46. The summed E-state index contributed by atoms with van der Waals surface area (Å²) in [6.07, 6.45) is 4.16. The van der Waals surface area contributed by atoms with Crippen LogP contribution in [-0.4, -0.2) is 42.0 Å². The van der Waals surface area contributed by atoms with Crippen LogP contribution < -0.4 is 5.32 Å². The number of nitrogens with zero attached hydrogens (tertiary/aromatic N) is 2. The van der Waals surface area contributed by atoms with Gasteiger partial charge in [0.2, 0.25) is 5.95 Å². The highest BCUT2D eigenvalue weighted by Gasteiger charge is 2.17. The third-order valence-electron chi connectivity index (χ3n) is 3.05. The molecule has 0 aliphatic carbocycles. The fourth-order valence-electron chi connectivity index (χ4n) is 2.14. The van der Waals surface area contributed by atoms with Crippen molar-refractivity contribution >= 4 is 5.95 Å². The van der Waals surface area contributed by atoms with Gasteiger partial charge in [-0.25, -0.2) is 4.98 Å². The van der Waals surface area contributed by atoms with E-state index in [1.165, 1.54) is 0 Å². The van der Waals surface area contributed by atoms with Gasteiger partial charge in [-0.1, -0.05) is 0 Å². The van der Waals surface area contributed by atoms with Gasteiger partial charge < -0.3 is 19.4 Å².